The molecule has 3 N–H and O–H groups in total. The van der Waals surface area contributed by atoms with Crippen LogP contribution in [0.25, 0.3) is 39.2 Å². The van der Waals surface area contributed by atoms with Crippen molar-refractivity contribution < 1.29 is 14.3 Å². The largest absolute Gasteiger partial charge is 0.381 e. The number of piperidine rings is 4. The molecule has 0 aliphatic carbocycles. The molecule has 0 spiro atoms. The van der Waals surface area contributed by atoms with Crippen LogP contribution in [0.1, 0.15) is 189 Å². The van der Waals surface area contributed by atoms with Crippen LogP contribution in [0, 0.1) is 13.8 Å². The van der Waals surface area contributed by atoms with E-state index in [4.69, 9.17) is 46.2 Å². The summed E-state index contributed by atoms with van der Waals surface area (Å²) < 4.78 is 12.8. The van der Waals surface area contributed by atoms with Crippen LogP contribution in [-0.4, -0.2) is 143 Å². The lowest BCUT2D eigenvalue weighted by Crippen LogP contribution is -2.45. The molecule has 14 rings (SSSR count). The molecule has 20 heteroatoms. The number of hydrogen-bond acceptors (Lipinski definition) is 14. The molecule has 2 unspecified atom stereocenters. The first-order chi connectivity index (χ1) is 44.6. The van der Waals surface area contributed by atoms with Gasteiger partial charge in [0.1, 0.15) is 22.8 Å². The molecule has 0 aromatic carbocycles. The second-order valence-corrected chi connectivity index (χ2v) is 27.3. The van der Waals surface area contributed by atoms with Crippen LogP contribution in [0.15, 0.2) is 104 Å². The minimum atomic E-state index is -0.119. The van der Waals surface area contributed by atoms with E-state index in [2.05, 4.69) is 147 Å². The van der Waals surface area contributed by atoms with E-state index in [1.165, 1.54) is 0 Å². The Morgan fingerprint density at radius 1 is 0.685 bits per heavy atom. The number of likely N-dealkylation sites (N-methyl/N-ethyl adjacent to an activating group) is 2. The lowest BCUT2D eigenvalue weighted by molar-refractivity contribution is -0.133. The molecule has 5 saturated heterocycles. The molecular formula is C72H87ClN16O3. The van der Waals surface area contributed by atoms with Gasteiger partial charge < -0.3 is 49.1 Å². The molecule has 19 nitrogen and oxygen atoms in total. The fourth-order valence-corrected chi connectivity index (χ4v) is 15.6. The number of aryl methyl sites for hydroxylation is 2. The molecule has 5 aliphatic rings. The molecule has 0 bridgehead atoms. The molecule has 9 atom stereocenters. The first-order valence-electron chi connectivity index (χ1n) is 33.4. The smallest absolute Gasteiger partial charge is 0.222 e. The number of nitrogens with one attached hydrogen (secondary N) is 3. The Hall–Kier alpha value is -7.65. The number of ether oxygens (including phenoxy) is 1. The molecule has 480 valence electrons. The van der Waals surface area contributed by atoms with Crippen molar-refractivity contribution in [1.29, 1.82) is 0 Å². The average Bonchev–Trinajstić information content (AvgIpc) is 1.58. The van der Waals surface area contributed by atoms with E-state index >= 15 is 0 Å². The van der Waals surface area contributed by atoms with E-state index in [9.17, 15) is 9.59 Å². The number of piperazine rings is 1. The summed E-state index contributed by atoms with van der Waals surface area (Å²) in [5, 5.41) is 12.5. The Morgan fingerprint density at radius 3 is 2.24 bits per heavy atom. The number of anilines is 1. The van der Waals surface area contributed by atoms with E-state index < -0.39 is 0 Å². The zero-order valence-electron chi connectivity index (χ0n) is 54.4. The van der Waals surface area contributed by atoms with E-state index in [0.29, 0.717) is 24.4 Å². The number of methoxy groups -OCH3 is 1. The summed E-state index contributed by atoms with van der Waals surface area (Å²) in [5.41, 5.74) is 17.2. The van der Waals surface area contributed by atoms with E-state index in [0.717, 1.165) is 192 Å². The average molecular weight is 1260 g/mol. The fraction of sp³-hybridized carbons (Fsp3) is 0.472. The van der Waals surface area contributed by atoms with Gasteiger partial charge in [-0.05, 0) is 157 Å². The number of imidazole rings is 3. The normalized spacial score (nSPS) is 23.5. The SMILES string of the molecule is CCC[C@H](N[C@H](C)c1cn2c(C3CCC(=O)N(C)C3)cc(-c3cnc([C@@H]4CCC[C@H](c5cn6c(C7CCN(C)C(=O)C7)cccc6n5)N4)c(C)c3)cc2n1)c1ncc(-c2ccc(N3CCN(C)CC3)n3cc([C@H]4C[C@@H](OC)C[C@@H](c5ncccc5Cl)N4)nc23)cc1C. The molecule has 14 heterocycles. The second-order valence-electron chi connectivity index (χ2n) is 26.9. The van der Waals surface area contributed by atoms with Gasteiger partial charge in [0, 0.05) is 156 Å². The monoisotopic (exact) mass is 1260 g/mol. The summed E-state index contributed by atoms with van der Waals surface area (Å²) >= 11 is 6.76. The molecule has 0 radical (unpaired) electrons. The second kappa shape index (κ2) is 26.0. The Bertz CT molecular complexity index is 4210. The highest BCUT2D eigenvalue weighted by Crippen LogP contribution is 2.41. The van der Waals surface area contributed by atoms with Gasteiger partial charge in [0.15, 0.2) is 0 Å². The molecule has 9 aromatic heterocycles. The van der Waals surface area contributed by atoms with Crippen LogP contribution in [0.3, 0.4) is 0 Å². The first kappa shape index (κ1) is 61.8. The maximum Gasteiger partial charge on any atom is 0.222 e. The summed E-state index contributed by atoms with van der Waals surface area (Å²) in [6.07, 6.45) is 21.6. The third-order valence-corrected chi connectivity index (χ3v) is 21.0. The molecular weight excluding hydrogens is 1170 g/mol. The van der Waals surface area contributed by atoms with Gasteiger partial charge in [-0.2, -0.15) is 0 Å². The third-order valence-electron chi connectivity index (χ3n) is 20.7. The maximum atomic E-state index is 12.9. The maximum absolute atomic E-state index is 12.9. The highest BCUT2D eigenvalue weighted by molar-refractivity contribution is 6.31. The number of amides is 2. The van der Waals surface area contributed by atoms with Crippen molar-refractivity contribution in [3.8, 4) is 22.3 Å². The standard InChI is InChI=1S/C72H87ClN16O3/c1-9-13-55(69-44(3)31-50(38-76-69)52-20-21-66(86-28-26-83(5)27-29-86)89-42-61(82-72(52)89)57-35-51(92-8)36-58(79-57)71-53(73)14-12-24-74-71)77-45(4)59-40-88-63(47-19-22-67(90)85(7)39-47)32-48(33-65(88)80-59)49-30-43(2)70(75-37-49)56-16-10-15-54(78-56)60-41-87-62(17-11-18-64(87)81-60)46-23-25-84(6)68(91)34-46/h11-12,14,17-18,20-21,24,30-33,37-38,40-42,45-47,51,54-58,77-79H,9-10,13,15-16,19,22-23,25-29,34-36,39H2,1-8H3/t45-,46?,47?,51-,54-,55+,56+,57-,58+/m1/s1. The van der Waals surface area contributed by atoms with Crippen molar-refractivity contribution in [2.24, 2.45) is 0 Å². The van der Waals surface area contributed by atoms with Gasteiger partial charge in [-0.1, -0.05) is 31.0 Å². The predicted octanol–water partition coefficient (Wildman–Crippen LogP) is 11.8. The number of halogens is 1. The highest BCUT2D eigenvalue weighted by atomic mass is 35.5. The van der Waals surface area contributed by atoms with Crippen molar-refractivity contribution in [3.63, 3.8) is 0 Å². The Morgan fingerprint density at radius 2 is 1.46 bits per heavy atom. The lowest BCUT2D eigenvalue weighted by Gasteiger charge is -2.35. The van der Waals surface area contributed by atoms with Crippen LogP contribution in [0.2, 0.25) is 5.02 Å². The van der Waals surface area contributed by atoms with Crippen LogP contribution in [-0.2, 0) is 14.3 Å². The van der Waals surface area contributed by atoms with Gasteiger partial charge in [0.2, 0.25) is 11.8 Å². The Labute approximate surface area is 544 Å². The van der Waals surface area contributed by atoms with E-state index in [1.54, 1.807) is 13.3 Å². The Kier molecular flexibility index (Phi) is 17.5. The molecule has 92 heavy (non-hydrogen) atoms. The molecule has 2 amide bonds. The van der Waals surface area contributed by atoms with Crippen molar-refractivity contribution in [2.75, 3.05) is 72.4 Å². The number of aromatic nitrogens is 9. The number of pyridine rings is 6. The molecule has 9 aromatic rings. The van der Waals surface area contributed by atoms with Crippen molar-refractivity contribution in [1.82, 2.24) is 73.8 Å². The van der Waals surface area contributed by atoms with Gasteiger partial charge in [-0.15, -0.1) is 0 Å². The third kappa shape index (κ3) is 12.2. The topological polar surface area (TPSA) is 183 Å². The van der Waals surface area contributed by atoms with Crippen LogP contribution >= 0.6 is 11.6 Å². The molecule has 0 saturated carbocycles. The minimum Gasteiger partial charge on any atom is -0.381 e. The number of carbonyl (C=O) groups excluding carboxylic acids is 2. The van der Waals surface area contributed by atoms with Gasteiger partial charge >= 0.3 is 0 Å². The molecule has 5 fully saturated rings. The van der Waals surface area contributed by atoms with Crippen molar-refractivity contribution >= 4 is 46.2 Å². The predicted molar refractivity (Wildman–Crippen MR) is 360 cm³/mol. The quantitative estimate of drug-likeness (QED) is 0.0830. The van der Waals surface area contributed by atoms with Gasteiger partial charge in [0.25, 0.3) is 0 Å². The number of carbonyl (C=O) groups is 2. The van der Waals surface area contributed by atoms with Crippen molar-refractivity contribution in [3.05, 3.63) is 166 Å². The zero-order valence-corrected chi connectivity index (χ0v) is 55.2. The summed E-state index contributed by atoms with van der Waals surface area (Å²) in [5.74, 6) is 1.80. The zero-order chi connectivity index (χ0) is 63.5. The number of likely N-dealkylation sites (tertiary alicyclic amines) is 2. The van der Waals surface area contributed by atoms with E-state index in [1.807, 2.05) is 48.4 Å². The Balaban J connectivity index is 0.728. The number of hydrogen-bond donors (Lipinski definition) is 3. The van der Waals surface area contributed by atoms with Gasteiger partial charge in [-0.3, -0.25) is 28.9 Å². The highest BCUT2D eigenvalue weighted by Gasteiger charge is 2.36. The lowest BCUT2D eigenvalue weighted by atomic mass is 9.91. The molecule has 5 aliphatic heterocycles. The number of fused-ring (bicyclic) bond motifs is 3. The van der Waals surface area contributed by atoms with Crippen LogP contribution in [0.4, 0.5) is 5.82 Å². The first-order valence-corrected chi connectivity index (χ1v) is 33.8. The number of rotatable bonds is 16. The summed E-state index contributed by atoms with van der Waals surface area (Å²) in [6, 6.07) is 23.4. The van der Waals surface area contributed by atoms with Crippen molar-refractivity contribution in [2.45, 2.75) is 153 Å². The summed E-state index contributed by atoms with van der Waals surface area (Å²) in [6.45, 7) is 14.0. The van der Waals surface area contributed by atoms with Crippen LogP contribution in [0.5, 0.6) is 0 Å². The summed E-state index contributed by atoms with van der Waals surface area (Å²) in [7, 11) is 7.79. The van der Waals surface area contributed by atoms with Gasteiger partial charge in [0.05, 0.1) is 75.5 Å². The minimum absolute atomic E-state index is 0.00189. The van der Waals surface area contributed by atoms with Gasteiger partial charge in [-0.25, -0.2) is 15.0 Å². The summed E-state index contributed by atoms with van der Waals surface area (Å²) in [4.78, 5) is 65.7. The number of nitrogens with zero attached hydrogens (tertiary/aromatic N) is 13. The fourth-order valence-electron chi connectivity index (χ4n) is 15.4. The van der Waals surface area contributed by atoms with Crippen LogP contribution < -0.4 is 20.9 Å². The van der Waals surface area contributed by atoms with E-state index in [-0.39, 0.29) is 66.0 Å².